The molecule has 1 fully saturated rings. The Balaban J connectivity index is 0.00000169. The van der Waals surface area contributed by atoms with Crippen LogP contribution in [0.15, 0.2) is 0 Å². The Labute approximate surface area is 88.2 Å². The van der Waals surface area contributed by atoms with E-state index in [2.05, 4.69) is 11.9 Å². The predicted molar refractivity (Wildman–Crippen MR) is 59.7 cm³/mol. The lowest BCUT2D eigenvalue weighted by atomic mass is 10.5. The minimum absolute atomic E-state index is 0. The van der Waals surface area contributed by atoms with Crippen LogP contribution >= 0.6 is 0 Å². The first-order valence-corrected chi connectivity index (χ1v) is 7.26. The van der Waals surface area contributed by atoms with Gasteiger partial charge in [-0.1, -0.05) is 20.0 Å². The average Bonchev–Trinajstić information content (AvgIpc) is 2.92. The SMILES string of the molecule is C.C[SiH2]CCCNC(=O)OCC1CO1. The van der Waals surface area contributed by atoms with Crippen molar-refractivity contribution in [3.8, 4) is 0 Å². The summed E-state index contributed by atoms with van der Waals surface area (Å²) in [6.45, 7) is 4.14. The number of carbonyl (C=O) groups is 1. The molecule has 0 aromatic carbocycles. The molecule has 5 heteroatoms. The largest absolute Gasteiger partial charge is 0.447 e. The van der Waals surface area contributed by atoms with Gasteiger partial charge < -0.3 is 14.8 Å². The van der Waals surface area contributed by atoms with Crippen molar-refractivity contribution in [2.24, 2.45) is 0 Å². The van der Waals surface area contributed by atoms with Crippen LogP contribution < -0.4 is 5.32 Å². The van der Waals surface area contributed by atoms with Crippen LogP contribution in [0.5, 0.6) is 0 Å². The van der Waals surface area contributed by atoms with Gasteiger partial charge in [0.15, 0.2) is 0 Å². The molecule has 0 saturated carbocycles. The van der Waals surface area contributed by atoms with Crippen LogP contribution in [0.25, 0.3) is 0 Å². The van der Waals surface area contributed by atoms with Gasteiger partial charge in [0, 0.05) is 16.1 Å². The molecule has 4 nitrogen and oxygen atoms in total. The van der Waals surface area contributed by atoms with Gasteiger partial charge in [-0.15, -0.1) is 0 Å². The van der Waals surface area contributed by atoms with E-state index in [1.54, 1.807) is 0 Å². The number of hydrogen-bond acceptors (Lipinski definition) is 3. The van der Waals surface area contributed by atoms with Crippen LogP contribution in [0, 0.1) is 0 Å². The van der Waals surface area contributed by atoms with Gasteiger partial charge in [-0.25, -0.2) is 4.79 Å². The van der Waals surface area contributed by atoms with Crippen molar-refractivity contribution in [1.82, 2.24) is 5.32 Å². The Morgan fingerprint density at radius 2 is 2.43 bits per heavy atom. The minimum atomic E-state index is -0.312. The van der Waals surface area contributed by atoms with Crippen molar-refractivity contribution < 1.29 is 14.3 Å². The zero-order valence-electron chi connectivity index (χ0n) is 8.04. The molecule has 1 rings (SSSR count). The van der Waals surface area contributed by atoms with Gasteiger partial charge in [0.25, 0.3) is 0 Å². The smallest absolute Gasteiger partial charge is 0.407 e. The van der Waals surface area contributed by atoms with Gasteiger partial charge in [0.2, 0.25) is 0 Å². The van der Waals surface area contributed by atoms with Crippen LogP contribution in [0.3, 0.4) is 0 Å². The number of carbonyl (C=O) groups excluding carboxylic acids is 1. The van der Waals surface area contributed by atoms with Crippen molar-refractivity contribution in [2.75, 3.05) is 19.8 Å². The zero-order valence-corrected chi connectivity index (χ0v) is 9.46. The topological polar surface area (TPSA) is 50.9 Å². The third-order valence-corrected chi connectivity index (χ3v) is 3.06. The van der Waals surface area contributed by atoms with E-state index < -0.39 is 0 Å². The van der Waals surface area contributed by atoms with Crippen molar-refractivity contribution in [3.05, 3.63) is 0 Å². The van der Waals surface area contributed by atoms with Gasteiger partial charge in [-0.05, 0) is 6.42 Å². The summed E-state index contributed by atoms with van der Waals surface area (Å²) in [5.74, 6) is 0. The third-order valence-electron chi connectivity index (χ3n) is 1.85. The molecule has 0 aromatic heterocycles. The summed E-state index contributed by atoms with van der Waals surface area (Å²) in [5, 5.41) is 2.71. The van der Waals surface area contributed by atoms with E-state index in [1.165, 1.54) is 6.04 Å². The molecular formula is C9H21NO3Si. The highest BCUT2D eigenvalue weighted by Gasteiger charge is 2.23. The first-order valence-electron chi connectivity index (χ1n) is 4.85. The fourth-order valence-corrected chi connectivity index (χ4v) is 1.70. The molecule has 0 aliphatic carbocycles. The van der Waals surface area contributed by atoms with E-state index in [0.29, 0.717) is 6.61 Å². The molecular weight excluding hydrogens is 198 g/mol. The fourth-order valence-electron chi connectivity index (χ4n) is 0.949. The summed E-state index contributed by atoms with van der Waals surface area (Å²) in [6, 6.07) is 1.28. The Morgan fingerprint density at radius 3 is 3.00 bits per heavy atom. The molecule has 1 amide bonds. The highest BCUT2D eigenvalue weighted by molar-refractivity contribution is 6.33. The number of hydrogen-bond donors (Lipinski definition) is 1. The molecule has 0 spiro atoms. The van der Waals surface area contributed by atoms with E-state index in [0.717, 1.165) is 19.6 Å². The Bertz CT molecular complexity index is 162. The lowest BCUT2D eigenvalue weighted by molar-refractivity contribution is 0.136. The second-order valence-corrected chi connectivity index (χ2v) is 4.89. The summed E-state index contributed by atoms with van der Waals surface area (Å²) in [4.78, 5) is 11.0. The van der Waals surface area contributed by atoms with E-state index >= 15 is 0 Å². The fraction of sp³-hybridized carbons (Fsp3) is 0.889. The number of epoxide rings is 1. The standard InChI is InChI=1S/C8H17NO3Si.CH4/c1-13-4-2-3-9-8(10)12-6-7-5-11-7;/h7H,2-6,13H2,1H3,(H,9,10);1H4. The molecule has 1 heterocycles. The molecule has 1 atom stereocenters. The lowest BCUT2D eigenvalue weighted by Gasteiger charge is -2.04. The first kappa shape index (κ1) is 13.4. The van der Waals surface area contributed by atoms with Crippen molar-refractivity contribution in [3.63, 3.8) is 0 Å². The molecule has 84 valence electrons. The van der Waals surface area contributed by atoms with Crippen LogP contribution in [0.1, 0.15) is 13.8 Å². The summed E-state index contributed by atoms with van der Waals surface area (Å²) in [6.07, 6.45) is 0.930. The van der Waals surface area contributed by atoms with Gasteiger partial charge >= 0.3 is 6.09 Å². The quantitative estimate of drug-likeness (QED) is 0.408. The van der Waals surface area contributed by atoms with Crippen molar-refractivity contribution in [1.29, 1.82) is 0 Å². The molecule has 0 radical (unpaired) electrons. The molecule has 1 unspecified atom stereocenters. The third kappa shape index (κ3) is 6.91. The summed E-state index contributed by atoms with van der Waals surface area (Å²) in [5.41, 5.74) is 0. The van der Waals surface area contributed by atoms with Gasteiger partial charge in [-0.3, -0.25) is 0 Å². The number of nitrogens with one attached hydrogen (secondary N) is 1. The van der Waals surface area contributed by atoms with E-state index in [-0.39, 0.29) is 29.1 Å². The second kappa shape index (κ2) is 7.81. The summed E-state index contributed by atoms with van der Waals surface area (Å²) >= 11 is 0. The molecule has 1 N–H and O–H groups in total. The Morgan fingerprint density at radius 1 is 1.71 bits per heavy atom. The molecule has 14 heavy (non-hydrogen) atoms. The second-order valence-electron chi connectivity index (χ2n) is 3.19. The monoisotopic (exact) mass is 219 g/mol. The van der Waals surface area contributed by atoms with E-state index in [1.807, 2.05) is 0 Å². The molecule has 1 saturated heterocycles. The number of amides is 1. The minimum Gasteiger partial charge on any atom is -0.447 e. The van der Waals surface area contributed by atoms with Crippen molar-refractivity contribution >= 4 is 15.6 Å². The Hall–Kier alpha value is -0.553. The molecule has 0 bridgehead atoms. The maximum atomic E-state index is 11.0. The number of ether oxygens (including phenoxy) is 2. The Kier molecular flexibility index (Phi) is 7.51. The van der Waals surface area contributed by atoms with Crippen LogP contribution in [-0.4, -0.2) is 41.5 Å². The van der Waals surface area contributed by atoms with Crippen LogP contribution in [0.2, 0.25) is 12.6 Å². The maximum absolute atomic E-state index is 11.0. The highest BCUT2D eigenvalue weighted by atomic mass is 28.2. The van der Waals surface area contributed by atoms with E-state index in [9.17, 15) is 4.79 Å². The predicted octanol–water partition coefficient (Wildman–Crippen LogP) is 0.773. The summed E-state index contributed by atoms with van der Waals surface area (Å²) in [7, 11) is 0.143. The van der Waals surface area contributed by atoms with Gasteiger partial charge in [-0.2, -0.15) is 0 Å². The lowest BCUT2D eigenvalue weighted by Crippen LogP contribution is -2.26. The van der Waals surface area contributed by atoms with Gasteiger partial charge in [0.1, 0.15) is 12.7 Å². The van der Waals surface area contributed by atoms with Crippen molar-refractivity contribution in [2.45, 2.75) is 32.5 Å². The first-order chi connectivity index (χ1) is 6.33. The van der Waals surface area contributed by atoms with Gasteiger partial charge in [0.05, 0.1) is 6.61 Å². The molecule has 1 aliphatic heterocycles. The highest BCUT2D eigenvalue weighted by Crippen LogP contribution is 2.08. The summed E-state index contributed by atoms with van der Waals surface area (Å²) < 4.78 is 9.78. The van der Waals surface area contributed by atoms with E-state index in [4.69, 9.17) is 9.47 Å². The van der Waals surface area contributed by atoms with Crippen LogP contribution in [-0.2, 0) is 9.47 Å². The molecule has 1 aliphatic rings. The zero-order chi connectivity index (χ0) is 9.52. The average molecular weight is 219 g/mol. The van der Waals surface area contributed by atoms with Crippen LogP contribution in [0.4, 0.5) is 4.79 Å². The normalized spacial score (nSPS) is 19.1. The maximum Gasteiger partial charge on any atom is 0.407 e. The number of alkyl carbamates (subject to hydrolysis) is 1. The number of rotatable bonds is 6. The molecule has 0 aromatic rings.